The van der Waals surface area contributed by atoms with E-state index in [9.17, 15) is 5.11 Å². The van der Waals surface area contributed by atoms with Crippen molar-refractivity contribution in [2.45, 2.75) is 45.3 Å². The van der Waals surface area contributed by atoms with E-state index >= 15 is 0 Å². The van der Waals surface area contributed by atoms with Crippen molar-refractivity contribution in [1.29, 1.82) is 0 Å². The van der Waals surface area contributed by atoms with Crippen LogP contribution in [-0.4, -0.2) is 17.2 Å². The van der Waals surface area contributed by atoms with Gasteiger partial charge in [-0.1, -0.05) is 41.4 Å². The van der Waals surface area contributed by atoms with Crippen LogP contribution in [0, 0.1) is 0 Å². The van der Waals surface area contributed by atoms with Gasteiger partial charge >= 0.3 is 0 Å². The molecule has 0 saturated carbocycles. The third-order valence-corrected chi connectivity index (χ3v) is 3.38. The first-order valence-corrected chi connectivity index (χ1v) is 6.92. The fourth-order valence-electron chi connectivity index (χ4n) is 1.92. The summed E-state index contributed by atoms with van der Waals surface area (Å²) in [4.78, 5) is 0. The van der Waals surface area contributed by atoms with Crippen molar-refractivity contribution in [1.82, 2.24) is 5.32 Å². The zero-order chi connectivity index (χ0) is 12.9. The molecule has 0 amide bonds. The Hall–Kier alpha value is -0.380. The molecule has 0 saturated heterocycles. The summed E-state index contributed by atoms with van der Waals surface area (Å²) >= 11 is 3.41. The van der Waals surface area contributed by atoms with Gasteiger partial charge in [0.15, 0.2) is 0 Å². The molecule has 0 bridgehead atoms. The summed E-state index contributed by atoms with van der Waals surface area (Å²) in [5.41, 5.74) is 1.03. The second-order valence-corrected chi connectivity index (χ2v) is 6.00. The molecule has 1 rings (SSSR count). The predicted octanol–water partition coefficient (Wildman–Crippen LogP) is 3.65. The molecular weight excluding hydrogens is 278 g/mol. The van der Waals surface area contributed by atoms with Gasteiger partial charge in [-0.15, -0.1) is 0 Å². The van der Waals surface area contributed by atoms with E-state index in [2.05, 4.69) is 42.0 Å². The monoisotopic (exact) mass is 299 g/mol. The van der Waals surface area contributed by atoms with Crippen molar-refractivity contribution >= 4 is 15.9 Å². The van der Waals surface area contributed by atoms with Gasteiger partial charge in [-0.25, -0.2) is 0 Å². The first kappa shape index (κ1) is 14.7. The molecule has 1 atom stereocenters. The topological polar surface area (TPSA) is 32.3 Å². The lowest BCUT2D eigenvalue weighted by Gasteiger charge is -2.27. The fraction of sp³-hybridized carbons (Fsp3) is 0.571. The molecule has 3 heteroatoms. The van der Waals surface area contributed by atoms with Gasteiger partial charge in [-0.2, -0.15) is 0 Å². The lowest BCUT2D eigenvalue weighted by Crippen LogP contribution is -2.41. The Morgan fingerprint density at radius 2 is 2.12 bits per heavy atom. The Balaban J connectivity index is 2.52. The molecule has 0 fully saturated rings. The SMILES string of the molecule is CCCC(C)(C)NCC(O)c1cccc(Br)c1. The highest BCUT2D eigenvalue weighted by Crippen LogP contribution is 2.19. The first-order chi connectivity index (χ1) is 7.94. The Morgan fingerprint density at radius 3 is 2.71 bits per heavy atom. The molecule has 17 heavy (non-hydrogen) atoms. The average Bonchev–Trinajstić information content (AvgIpc) is 2.26. The summed E-state index contributed by atoms with van der Waals surface area (Å²) in [7, 11) is 0. The molecule has 0 aromatic heterocycles. The molecule has 0 aliphatic rings. The summed E-state index contributed by atoms with van der Waals surface area (Å²) in [6.07, 6.45) is 1.80. The molecule has 0 aliphatic heterocycles. The number of rotatable bonds is 6. The molecule has 0 heterocycles. The van der Waals surface area contributed by atoms with Crippen LogP contribution in [0.1, 0.15) is 45.3 Å². The molecule has 1 aromatic carbocycles. The number of aliphatic hydroxyl groups is 1. The van der Waals surface area contributed by atoms with Crippen molar-refractivity contribution in [3.05, 3.63) is 34.3 Å². The number of halogens is 1. The van der Waals surface area contributed by atoms with Crippen LogP contribution < -0.4 is 5.32 Å². The molecule has 1 unspecified atom stereocenters. The molecule has 0 aliphatic carbocycles. The van der Waals surface area contributed by atoms with E-state index in [1.165, 1.54) is 0 Å². The zero-order valence-electron chi connectivity index (χ0n) is 10.8. The summed E-state index contributed by atoms with van der Waals surface area (Å²) in [6.45, 7) is 7.10. The molecule has 0 radical (unpaired) electrons. The van der Waals surface area contributed by atoms with E-state index in [0.717, 1.165) is 22.9 Å². The molecule has 2 N–H and O–H groups in total. The fourth-order valence-corrected chi connectivity index (χ4v) is 2.34. The van der Waals surface area contributed by atoms with Crippen molar-refractivity contribution in [3.63, 3.8) is 0 Å². The van der Waals surface area contributed by atoms with Gasteiger partial charge in [0.25, 0.3) is 0 Å². The Labute approximate surface area is 113 Å². The first-order valence-electron chi connectivity index (χ1n) is 6.13. The maximum Gasteiger partial charge on any atom is 0.0914 e. The number of nitrogens with one attached hydrogen (secondary N) is 1. The summed E-state index contributed by atoms with van der Waals surface area (Å²) in [5.74, 6) is 0. The lowest BCUT2D eigenvalue weighted by molar-refractivity contribution is 0.159. The van der Waals surface area contributed by atoms with Gasteiger partial charge in [-0.3, -0.25) is 0 Å². The third-order valence-electron chi connectivity index (χ3n) is 2.88. The predicted molar refractivity (Wildman–Crippen MR) is 76.1 cm³/mol. The van der Waals surface area contributed by atoms with Crippen LogP contribution in [-0.2, 0) is 0 Å². The highest BCUT2D eigenvalue weighted by molar-refractivity contribution is 9.10. The number of benzene rings is 1. The smallest absolute Gasteiger partial charge is 0.0914 e. The van der Waals surface area contributed by atoms with Crippen molar-refractivity contribution in [3.8, 4) is 0 Å². The van der Waals surface area contributed by atoms with E-state index < -0.39 is 6.10 Å². The largest absolute Gasteiger partial charge is 0.387 e. The highest BCUT2D eigenvalue weighted by atomic mass is 79.9. The van der Waals surface area contributed by atoms with Gasteiger partial charge < -0.3 is 10.4 Å². The van der Waals surface area contributed by atoms with Crippen molar-refractivity contribution in [2.24, 2.45) is 0 Å². The Kier molecular flexibility index (Phi) is 5.63. The third kappa shape index (κ3) is 5.19. The van der Waals surface area contributed by atoms with Crippen LogP contribution in [0.3, 0.4) is 0 Å². The normalized spacial score (nSPS) is 13.7. The molecule has 2 nitrogen and oxygen atoms in total. The number of hydrogen-bond donors (Lipinski definition) is 2. The van der Waals surface area contributed by atoms with Gasteiger partial charge in [0.1, 0.15) is 0 Å². The summed E-state index contributed by atoms with van der Waals surface area (Å²) in [6, 6.07) is 7.81. The van der Waals surface area contributed by atoms with E-state index in [-0.39, 0.29) is 5.54 Å². The van der Waals surface area contributed by atoms with Gasteiger partial charge in [0.05, 0.1) is 6.10 Å². The van der Waals surface area contributed by atoms with Crippen LogP contribution in [0.15, 0.2) is 28.7 Å². The van der Waals surface area contributed by atoms with Crippen LogP contribution in [0.4, 0.5) is 0 Å². The van der Waals surface area contributed by atoms with Gasteiger partial charge in [-0.05, 0) is 38.0 Å². The molecule has 96 valence electrons. The Morgan fingerprint density at radius 1 is 1.41 bits per heavy atom. The van der Waals surface area contributed by atoms with Crippen LogP contribution in [0.25, 0.3) is 0 Å². The highest BCUT2D eigenvalue weighted by Gasteiger charge is 2.17. The molecular formula is C14H22BrNO. The van der Waals surface area contributed by atoms with E-state index in [1.807, 2.05) is 24.3 Å². The van der Waals surface area contributed by atoms with Crippen LogP contribution in [0.2, 0.25) is 0 Å². The van der Waals surface area contributed by atoms with Crippen molar-refractivity contribution < 1.29 is 5.11 Å². The summed E-state index contributed by atoms with van der Waals surface area (Å²) < 4.78 is 1.00. The maximum absolute atomic E-state index is 10.1. The second kappa shape index (κ2) is 6.53. The number of β-amino-alcohol motifs (C(OH)–C–C–N with tert-alkyl or cyclic N) is 1. The number of hydrogen-bond acceptors (Lipinski definition) is 2. The quantitative estimate of drug-likeness (QED) is 0.840. The molecule has 0 spiro atoms. The Bertz CT molecular complexity index is 352. The van der Waals surface area contributed by atoms with E-state index in [0.29, 0.717) is 6.54 Å². The summed E-state index contributed by atoms with van der Waals surface area (Å²) in [5, 5.41) is 13.5. The molecule has 1 aromatic rings. The van der Waals surface area contributed by atoms with Crippen LogP contribution in [0.5, 0.6) is 0 Å². The van der Waals surface area contributed by atoms with E-state index in [1.54, 1.807) is 0 Å². The number of aliphatic hydroxyl groups excluding tert-OH is 1. The average molecular weight is 300 g/mol. The maximum atomic E-state index is 10.1. The second-order valence-electron chi connectivity index (χ2n) is 5.09. The van der Waals surface area contributed by atoms with E-state index in [4.69, 9.17) is 0 Å². The van der Waals surface area contributed by atoms with Gasteiger partial charge in [0, 0.05) is 16.6 Å². The van der Waals surface area contributed by atoms with Crippen LogP contribution >= 0.6 is 15.9 Å². The standard InChI is InChI=1S/C14H22BrNO/c1-4-8-14(2,3)16-10-13(17)11-6-5-7-12(15)9-11/h5-7,9,13,16-17H,4,8,10H2,1-3H3. The minimum absolute atomic E-state index is 0.0851. The zero-order valence-corrected chi connectivity index (χ0v) is 12.4. The van der Waals surface area contributed by atoms with Gasteiger partial charge in [0.2, 0.25) is 0 Å². The lowest BCUT2D eigenvalue weighted by atomic mass is 9.98. The van der Waals surface area contributed by atoms with Crippen molar-refractivity contribution in [2.75, 3.05) is 6.54 Å². The minimum atomic E-state index is -0.455. The minimum Gasteiger partial charge on any atom is -0.387 e.